The average Bonchev–Trinajstić information content (AvgIpc) is 2.73. The number of fused-ring (bicyclic) bond motifs is 1. The Morgan fingerprint density at radius 1 is 1.24 bits per heavy atom. The van der Waals surface area contributed by atoms with Crippen LogP contribution in [0.25, 0.3) is 6.08 Å². The van der Waals surface area contributed by atoms with Crippen molar-refractivity contribution in [2.24, 2.45) is 14.1 Å². The zero-order valence-electron chi connectivity index (χ0n) is 16.5. The molecule has 1 unspecified atom stereocenters. The number of rotatable bonds is 6. The van der Waals surface area contributed by atoms with Gasteiger partial charge in [0.05, 0.1) is 18.7 Å². The van der Waals surface area contributed by atoms with Gasteiger partial charge in [0.15, 0.2) is 11.5 Å². The largest absolute Gasteiger partial charge is 0.486 e. The second-order valence-corrected chi connectivity index (χ2v) is 6.43. The van der Waals surface area contributed by atoms with Crippen molar-refractivity contribution < 1.29 is 19.0 Å². The first-order chi connectivity index (χ1) is 13.9. The van der Waals surface area contributed by atoms with Gasteiger partial charge in [-0.3, -0.25) is 13.9 Å². The van der Waals surface area contributed by atoms with Crippen LogP contribution < -0.4 is 26.0 Å². The lowest BCUT2D eigenvalue weighted by atomic mass is 10.2. The molecule has 1 aliphatic heterocycles. The normalized spacial score (nSPS) is 15.3. The summed E-state index contributed by atoms with van der Waals surface area (Å²) in [4.78, 5) is 36.6. The summed E-state index contributed by atoms with van der Waals surface area (Å²) in [5.41, 5.74) is -0.848. The molecule has 2 heterocycles. The summed E-state index contributed by atoms with van der Waals surface area (Å²) in [6, 6.07) is 7.34. The first-order valence-electron chi connectivity index (χ1n) is 9.19. The molecule has 9 nitrogen and oxygen atoms in total. The van der Waals surface area contributed by atoms with Gasteiger partial charge in [-0.25, -0.2) is 9.59 Å². The fourth-order valence-corrected chi connectivity index (χ4v) is 2.95. The second-order valence-electron chi connectivity index (χ2n) is 6.43. The summed E-state index contributed by atoms with van der Waals surface area (Å²) in [5, 5.41) is 3.09. The first-order valence-corrected chi connectivity index (χ1v) is 9.19. The molecule has 0 spiro atoms. The Hall–Kier alpha value is -3.49. The van der Waals surface area contributed by atoms with Crippen molar-refractivity contribution >= 4 is 17.9 Å². The molecular formula is C20H23N3O6. The monoisotopic (exact) mass is 401 g/mol. The van der Waals surface area contributed by atoms with E-state index in [4.69, 9.17) is 14.2 Å². The highest BCUT2D eigenvalue weighted by Crippen LogP contribution is 2.30. The molecule has 29 heavy (non-hydrogen) atoms. The topological polar surface area (TPSA) is 101 Å². The van der Waals surface area contributed by atoms with Gasteiger partial charge >= 0.3 is 11.7 Å². The van der Waals surface area contributed by atoms with E-state index in [2.05, 4.69) is 5.32 Å². The van der Waals surface area contributed by atoms with Crippen LogP contribution in [0.5, 0.6) is 11.5 Å². The van der Waals surface area contributed by atoms with Gasteiger partial charge in [0.25, 0.3) is 5.56 Å². The third-order valence-electron chi connectivity index (χ3n) is 4.44. The molecule has 0 amide bonds. The zero-order chi connectivity index (χ0) is 21.0. The van der Waals surface area contributed by atoms with E-state index in [-0.39, 0.29) is 30.6 Å². The number of hydrogen-bond acceptors (Lipinski definition) is 7. The predicted octanol–water partition coefficient (Wildman–Crippen LogP) is 0.912. The molecule has 1 atom stereocenters. The number of para-hydroxylation sites is 2. The summed E-state index contributed by atoms with van der Waals surface area (Å²) < 4.78 is 18.7. The highest BCUT2D eigenvalue weighted by atomic mass is 16.6. The maximum Gasteiger partial charge on any atom is 0.332 e. The Morgan fingerprint density at radius 3 is 2.69 bits per heavy atom. The number of carbonyl (C=O) groups excluding carboxylic acids is 1. The summed E-state index contributed by atoms with van der Waals surface area (Å²) in [6.45, 7) is 2.51. The number of aromatic nitrogens is 2. The van der Waals surface area contributed by atoms with E-state index in [0.717, 1.165) is 10.6 Å². The quantitative estimate of drug-likeness (QED) is 0.567. The molecule has 1 aliphatic rings. The van der Waals surface area contributed by atoms with E-state index < -0.39 is 17.2 Å². The minimum absolute atomic E-state index is 0.166. The van der Waals surface area contributed by atoms with Crippen molar-refractivity contribution in [1.82, 2.24) is 9.13 Å². The van der Waals surface area contributed by atoms with Gasteiger partial charge < -0.3 is 19.5 Å². The second kappa shape index (κ2) is 8.68. The van der Waals surface area contributed by atoms with E-state index in [0.29, 0.717) is 18.1 Å². The Kier molecular flexibility index (Phi) is 6.06. The summed E-state index contributed by atoms with van der Waals surface area (Å²) in [6.07, 6.45) is 2.17. The fourth-order valence-electron chi connectivity index (χ4n) is 2.95. The van der Waals surface area contributed by atoms with Gasteiger partial charge in [-0.2, -0.15) is 0 Å². The van der Waals surface area contributed by atoms with E-state index >= 15 is 0 Å². The van der Waals surface area contributed by atoms with Crippen LogP contribution in [-0.2, 0) is 23.6 Å². The standard InChI is InChI=1S/C20H23N3O6/c1-4-27-17(24)10-9-14-18(22(2)20(26)23(3)19(14)25)21-11-13-12-28-15-7-5-6-8-16(15)29-13/h5-10,13,21H,4,11-12H2,1-3H3/b10-9+. The number of ether oxygens (including phenoxy) is 3. The minimum Gasteiger partial charge on any atom is -0.486 e. The molecule has 1 N–H and O–H groups in total. The molecule has 0 bridgehead atoms. The number of esters is 1. The highest BCUT2D eigenvalue weighted by molar-refractivity contribution is 5.88. The molecule has 3 rings (SSSR count). The van der Waals surface area contributed by atoms with Gasteiger partial charge in [-0.15, -0.1) is 0 Å². The Morgan fingerprint density at radius 2 is 1.97 bits per heavy atom. The van der Waals surface area contributed by atoms with Gasteiger partial charge in [0.1, 0.15) is 18.5 Å². The molecule has 1 aromatic carbocycles. The number of hydrogen-bond donors (Lipinski definition) is 1. The lowest BCUT2D eigenvalue weighted by molar-refractivity contribution is -0.137. The maximum atomic E-state index is 12.6. The molecule has 154 valence electrons. The van der Waals surface area contributed by atoms with Crippen molar-refractivity contribution in [2.75, 3.05) is 25.1 Å². The molecule has 0 aliphatic carbocycles. The number of benzene rings is 1. The number of carbonyl (C=O) groups is 1. The smallest absolute Gasteiger partial charge is 0.332 e. The van der Waals surface area contributed by atoms with Gasteiger partial charge in [0, 0.05) is 20.2 Å². The van der Waals surface area contributed by atoms with Crippen LogP contribution in [0.3, 0.4) is 0 Å². The van der Waals surface area contributed by atoms with Crippen molar-refractivity contribution in [3.63, 3.8) is 0 Å². The molecule has 0 saturated carbocycles. The van der Waals surface area contributed by atoms with Crippen LogP contribution in [0.2, 0.25) is 0 Å². The van der Waals surface area contributed by atoms with Gasteiger partial charge in [-0.05, 0) is 25.1 Å². The molecule has 0 radical (unpaired) electrons. The SMILES string of the molecule is CCOC(=O)/C=C/c1c(NCC2COc3ccccc3O2)n(C)c(=O)n(C)c1=O. The molecule has 2 aromatic rings. The molecule has 9 heteroatoms. The van der Waals surface area contributed by atoms with Crippen molar-refractivity contribution in [3.05, 3.63) is 56.7 Å². The van der Waals surface area contributed by atoms with E-state index in [1.165, 1.54) is 17.7 Å². The van der Waals surface area contributed by atoms with Crippen molar-refractivity contribution in [1.29, 1.82) is 0 Å². The maximum absolute atomic E-state index is 12.6. The van der Waals surface area contributed by atoms with Crippen LogP contribution in [0, 0.1) is 0 Å². The van der Waals surface area contributed by atoms with Crippen molar-refractivity contribution in [3.8, 4) is 11.5 Å². The summed E-state index contributed by atoms with van der Waals surface area (Å²) >= 11 is 0. The van der Waals surface area contributed by atoms with E-state index in [1.54, 1.807) is 14.0 Å². The number of nitrogens with zero attached hydrogens (tertiary/aromatic N) is 2. The van der Waals surface area contributed by atoms with Crippen LogP contribution in [0.4, 0.5) is 5.82 Å². The van der Waals surface area contributed by atoms with Crippen LogP contribution in [0.15, 0.2) is 39.9 Å². The number of anilines is 1. The van der Waals surface area contributed by atoms with Crippen LogP contribution in [-0.4, -0.2) is 41.0 Å². The molecule has 1 aromatic heterocycles. The van der Waals surface area contributed by atoms with Crippen LogP contribution in [0.1, 0.15) is 12.5 Å². The third kappa shape index (κ3) is 4.34. The molecule has 0 saturated heterocycles. The first kappa shape index (κ1) is 20.2. The lowest BCUT2D eigenvalue weighted by Crippen LogP contribution is -2.41. The Balaban J connectivity index is 1.85. The fraction of sp³-hybridized carbons (Fsp3) is 0.350. The van der Waals surface area contributed by atoms with Gasteiger partial charge in [-0.1, -0.05) is 12.1 Å². The Labute approximate surface area is 167 Å². The van der Waals surface area contributed by atoms with E-state index in [1.807, 2.05) is 24.3 Å². The Bertz CT molecular complexity index is 1050. The lowest BCUT2D eigenvalue weighted by Gasteiger charge is -2.27. The predicted molar refractivity (Wildman–Crippen MR) is 107 cm³/mol. The third-order valence-corrected chi connectivity index (χ3v) is 4.44. The average molecular weight is 401 g/mol. The zero-order valence-corrected chi connectivity index (χ0v) is 16.5. The highest BCUT2D eigenvalue weighted by Gasteiger charge is 2.22. The van der Waals surface area contributed by atoms with E-state index in [9.17, 15) is 14.4 Å². The summed E-state index contributed by atoms with van der Waals surface area (Å²) in [5.74, 6) is 1.00. The molecule has 0 fully saturated rings. The number of nitrogens with one attached hydrogen (secondary N) is 1. The molecular weight excluding hydrogens is 378 g/mol. The minimum atomic E-state index is -0.574. The van der Waals surface area contributed by atoms with Crippen molar-refractivity contribution in [2.45, 2.75) is 13.0 Å². The summed E-state index contributed by atoms with van der Waals surface area (Å²) in [7, 11) is 2.92. The van der Waals surface area contributed by atoms with Crippen LogP contribution >= 0.6 is 0 Å². The van der Waals surface area contributed by atoms with Gasteiger partial charge in [0.2, 0.25) is 0 Å².